The Morgan fingerprint density at radius 1 is 1.35 bits per heavy atom. The normalized spacial score (nSPS) is 17.7. The summed E-state index contributed by atoms with van der Waals surface area (Å²) in [5, 5.41) is 3.35. The second-order valence-electron chi connectivity index (χ2n) is 4.29. The van der Waals surface area contributed by atoms with Crippen LogP contribution >= 0.6 is 0 Å². The fourth-order valence-corrected chi connectivity index (χ4v) is 2.74. The SMILES string of the molecule is CNS(=O)(=O)c1ccc(CNC2CCCC2)o1. The Hall–Kier alpha value is -0.850. The Balaban J connectivity index is 1.94. The summed E-state index contributed by atoms with van der Waals surface area (Å²) >= 11 is 0. The molecule has 0 aliphatic heterocycles. The van der Waals surface area contributed by atoms with Crippen molar-refractivity contribution in [2.24, 2.45) is 0 Å². The van der Waals surface area contributed by atoms with E-state index < -0.39 is 10.0 Å². The topological polar surface area (TPSA) is 71.3 Å². The molecular formula is C11H18N2O3S. The molecule has 0 unspecified atom stereocenters. The summed E-state index contributed by atoms with van der Waals surface area (Å²) in [6.07, 6.45) is 4.94. The van der Waals surface area contributed by atoms with Crippen molar-refractivity contribution in [1.82, 2.24) is 10.0 Å². The first-order chi connectivity index (χ1) is 8.12. The van der Waals surface area contributed by atoms with Crippen molar-refractivity contribution >= 4 is 10.0 Å². The number of rotatable bonds is 5. The number of nitrogens with one attached hydrogen (secondary N) is 2. The molecule has 0 saturated heterocycles. The molecule has 1 fully saturated rings. The summed E-state index contributed by atoms with van der Waals surface area (Å²) < 4.78 is 30.4. The maximum absolute atomic E-state index is 11.4. The Labute approximate surface area is 102 Å². The molecule has 0 aromatic carbocycles. The molecule has 0 bridgehead atoms. The lowest BCUT2D eigenvalue weighted by Crippen LogP contribution is -2.25. The van der Waals surface area contributed by atoms with Crippen LogP contribution in [0.4, 0.5) is 0 Å². The second-order valence-corrected chi connectivity index (χ2v) is 6.11. The van der Waals surface area contributed by atoms with Gasteiger partial charge in [-0.1, -0.05) is 12.8 Å². The molecule has 5 nitrogen and oxygen atoms in total. The largest absolute Gasteiger partial charge is 0.447 e. The summed E-state index contributed by atoms with van der Waals surface area (Å²) in [6.45, 7) is 0.587. The molecule has 0 amide bonds. The average Bonchev–Trinajstić information content (AvgIpc) is 2.97. The van der Waals surface area contributed by atoms with Crippen molar-refractivity contribution in [3.63, 3.8) is 0 Å². The van der Waals surface area contributed by atoms with Crippen LogP contribution in [0.2, 0.25) is 0 Å². The summed E-state index contributed by atoms with van der Waals surface area (Å²) in [4.78, 5) is 0. The summed E-state index contributed by atoms with van der Waals surface area (Å²) in [6, 6.07) is 3.73. The molecule has 2 rings (SSSR count). The number of hydrogen-bond donors (Lipinski definition) is 2. The Morgan fingerprint density at radius 2 is 2.06 bits per heavy atom. The van der Waals surface area contributed by atoms with E-state index in [1.165, 1.54) is 38.8 Å². The lowest BCUT2D eigenvalue weighted by molar-refractivity contribution is 0.387. The maximum Gasteiger partial charge on any atom is 0.273 e. The van der Waals surface area contributed by atoms with Gasteiger partial charge in [0.1, 0.15) is 5.76 Å². The fraction of sp³-hybridized carbons (Fsp3) is 0.636. The highest BCUT2D eigenvalue weighted by Gasteiger charge is 2.18. The number of furan rings is 1. The first kappa shape index (κ1) is 12.6. The minimum Gasteiger partial charge on any atom is -0.447 e. The molecule has 1 aromatic heterocycles. The van der Waals surface area contributed by atoms with Gasteiger partial charge in [-0.2, -0.15) is 0 Å². The Morgan fingerprint density at radius 3 is 2.71 bits per heavy atom. The van der Waals surface area contributed by atoms with Gasteiger partial charge in [0.15, 0.2) is 0 Å². The average molecular weight is 258 g/mol. The van der Waals surface area contributed by atoms with Gasteiger partial charge in [-0.25, -0.2) is 13.1 Å². The zero-order chi connectivity index (χ0) is 12.3. The predicted octanol–water partition coefficient (Wildman–Crippen LogP) is 1.22. The van der Waals surface area contributed by atoms with Crippen molar-refractivity contribution in [3.8, 4) is 0 Å². The smallest absolute Gasteiger partial charge is 0.273 e. The first-order valence-electron chi connectivity index (χ1n) is 5.87. The standard InChI is InChI=1S/C11H18N2O3S/c1-12-17(14,15)11-7-6-10(16-11)8-13-9-4-2-3-5-9/h6-7,9,12-13H,2-5,8H2,1H3. The third kappa shape index (κ3) is 3.08. The molecule has 2 N–H and O–H groups in total. The van der Waals surface area contributed by atoms with Crippen molar-refractivity contribution < 1.29 is 12.8 Å². The third-order valence-corrected chi connectivity index (χ3v) is 4.38. The van der Waals surface area contributed by atoms with Crippen molar-refractivity contribution in [2.45, 2.75) is 43.4 Å². The minimum atomic E-state index is -3.46. The number of sulfonamides is 1. The maximum atomic E-state index is 11.4. The van der Waals surface area contributed by atoms with Crippen molar-refractivity contribution in [1.29, 1.82) is 0 Å². The van der Waals surface area contributed by atoms with E-state index in [1.54, 1.807) is 6.07 Å². The van der Waals surface area contributed by atoms with E-state index in [0.29, 0.717) is 18.3 Å². The highest BCUT2D eigenvalue weighted by molar-refractivity contribution is 7.89. The van der Waals surface area contributed by atoms with E-state index in [0.717, 1.165) is 0 Å². The van der Waals surface area contributed by atoms with Gasteiger partial charge >= 0.3 is 0 Å². The molecule has 17 heavy (non-hydrogen) atoms. The molecule has 96 valence electrons. The van der Waals surface area contributed by atoms with Crippen LogP contribution in [0.15, 0.2) is 21.6 Å². The minimum absolute atomic E-state index is 0.0248. The van der Waals surface area contributed by atoms with Crippen LogP contribution < -0.4 is 10.0 Å². The summed E-state index contributed by atoms with van der Waals surface area (Å²) in [5.74, 6) is 0.658. The highest BCUT2D eigenvalue weighted by atomic mass is 32.2. The number of hydrogen-bond acceptors (Lipinski definition) is 4. The van der Waals surface area contributed by atoms with E-state index >= 15 is 0 Å². The van der Waals surface area contributed by atoms with Crippen molar-refractivity contribution in [2.75, 3.05) is 7.05 Å². The lowest BCUT2D eigenvalue weighted by Gasteiger charge is -2.09. The second kappa shape index (κ2) is 5.20. The molecule has 1 aliphatic rings. The Kier molecular flexibility index (Phi) is 3.86. The molecule has 1 aliphatic carbocycles. The quantitative estimate of drug-likeness (QED) is 0.833. The van der Waals surface area contributed by atoms with Gasteiger partial charge in [0.05, 0.1) is 6.54 Å². The molecule has 1 aromatic rings. The zero-order valence-corrected chi connectivity index (χ0v) is 10.7. The summed E-state index contributed by atoms with van der Waals surface area (Å²) in [5.41, 5.74) is 0. The van der Waals surface area contributed by atoms with Crippen LogP contribution in [0.1, 0.15) is 31.4 Å². The van der Waals surface area contributed by atoms with Gasteiger partial charge in [-0.15, -0.1) is 0 Å². The van der Waals surface area contributed by atoms with Crippen LogP contribution in [0.5, 0.6) is 0 Å². The molecule has 1 heterocycles. The van der Waals surface area contributed by atoms with Gasteiger partial charge in [-0.3, -0.25) is 0 Å². The molecule has 0 atom stereocenters. The van der Waals surface area contributed by atoms with Gasteiger partial charge in [0.2, 0.25) is 5.09 Å². The van der Waals surface area contributed by atoms with Crippen LogP contribution in [-0.2, 0) is 16.6 Å². The predicted molar refractivity (Wildman–Crippen MR) is 64.0 cm³/mol. The fourth-order valence-electron chi connectivity index (χ4n) is 2.07. The molecular weight excluding hydrogens is 240 g/mol. The van der Waals surface area contributed by atoms with Crippen LogP contribution in [0.25, 0.3) is 0 Å². The van der Waals surface area contributed by atoms with Crippen molar-refractivity contribution in [3.05, 3.63) is 17.9 Å². The summed E-state index contributed by atoms with van der Waals surface area (Å²) in [7, 11) is -2.09. The van der Waals surface area contributed by atoms with Gasteiger partial charge < -0.3 is 9.73 Å². The van der Waals surface area contributed by atoms with E-state index in [-0.39, 0.29) is 5.09 Å². The lowest BCUT2D eigenvalue weighted by atomic mass is 10.2. The Bertz CT molecular complexity index is 461. The van der Waals surface area contributed by atoms with Gasteiger partial charge in [-0.05, 0) is 32.0 Å². The third-order valence-electron chi connectivity index (χ3n) is 3.09. The van der Waals surface area contributed by atoms with E-state index in [4.69, 9.17) is 4.42 Å². The first-order valence-corrected chi connectivity index (χ1v) is 7.36. The van der Waals surface area contributed by atoms with Crippen LogP contribution in [0.3, 0.4) is 0 Å². The van der Waals surface area contributed by atoms with Crippen LogP contribution in [-0.4, -0.2) is 21.5 Å². The van der Waals surface area contributed by atoms with E-state index in [2.05, 4.69) is 10.0 Å². The molecule has 0 spiro atoms. The van der Waals surface area contributed by atoms with Gasteiger partial charge in [0.25, 0.3) is 10.0 Å². The van der Waals surface area contributed by atoms with E-state index in [1.807, 2.05) is 0 Å². The van der Waals surface area contributed by atoms with E-state index in [9.17, 15) is 8.42 Å². The molecule has 1 saturated carbocycles. The molecule has 0 radical (unpaired) electrons. The van der Waals surface area contributed by atoms with Gasteiger partial charge in [0, 0.05) is 6.04 Å². The van der Waals surface area contributed by atoms with Crippen LogP contribution in [0, 0.1) is 0 Å². The monoisotopic (exact) mass is 258 g/mol. The molecule has 6 heteroatoms. The highest BCUT2D eigenvalue weighted by Crippen LogP contribution is 2.19. The zero-order valence-electron chi connectivity index (χ0n) is 9.90.